The first kappa shape index (κ1) is 15.0. The molecule has 0 atom stereocenters. The molecular weight excluding hydrogens is 286 g/mol. The highest BCUT2D eigenvalue weighted by Crippen LogP contribution is 2.32. The van der Waals surface area contributed by atoms with Crippen molar-refractivity contribution in [2.24, 2.45) is 5.73 Å². The van der Waals surface area contributed by atoms with Crippen LogP contribution >= 0.6 is 0 Å². The quantitative estimate of drug-likeness (QED) is 0.865. The largest absolute Gasteiger partial charge is 0.419 e. The highest BCUT2D eigenvalue weighted by Gasteiger charge is 2.34. The minimum absolute atomic E-state index is 0.0580. The average molecular weight is 297 g/mol. The number of carbonyl (C=O) groups excluding carboxylic acids is 1. The van der Waals surface area contributed by atoms with Gasteiger partial charge in [0.2, 0.25) is 5.91 Å². The molecule has 0 aliphatic heterocycles. The number of hydrogen-bond donors (Lipinski definition) is 1. The Hall–Kier alpha value is -2.37. The molecule has 0 spiro atoms. The van der Waals surface area contributed by atoms with Crippen LogP contribution < -0.4 is 5.73 Å². The van der Waals surface area contributed by atoms with E-state index in [9.17, 15) is 22.4 Å². The molecular formula is C15H11F4NO. The van der Waals surface area contributed by atoms with Crippen LogP contribution in [0.5, 0.6) is 0 Å². The van der Waals surface area contributed by atoms with Crippen LogP contribution in [-0.2, 0) is 12.6 Å². The zero-order chi connectivity index (χ0) is 15.6. The lowest BCUT2D eigenvalue weighted by atomic mass is 9.98. The molecule has 0 aliphatic carbocycles. The summed E-state index contributed by atoms with van der Waals surface area (Å²) in [5, 5.41) is 0. The van der Waals surface area contributed by atoms with Gasteiger partial charge in [-0.05, 0) is 35.7 Å². The Morgan fingerprint density at radius 2 is 1.76 bits per heavy atom. The van der Waals surface area contributed by atoms with Gasteiger partial charge in [0.25, 0.3) is 0 Å². The fraction of sp³-hybridized carbons (Fsp3) is 0.133. The van der Waals surface area contributed by atoms with Crippen molar-refractivity contribution < 1.29 is 22.4 Å². The monoisotopic (exact) mass is 297 g/mol. The number of hydrogen-bond acceptors (Lipinski definition) is 1. The predicted molar refractivity (Wildman–Crippen MR) is 69.2 cm³/mol. The van der Waals surface area contributed by atoms with Gasteiger partial charge in [0.1, 0.15) is 5.82 Å². The number of carbonyl (C=O) groups is 1. The molecule has 0 aromatic heterocycles. The van der Waals surface area contributed by atoms with E-state index in [2.05, 4.69) is 0 Å². The summed E-state index contributed by atoms with van der Waals surface area (Å²) in [7, 11) is 0. The van der Waals surface area contributed by atoms with Crippen LogP contribution in [0.3, 0.4) is 0 Å². The van der Waals surface area contributed by atoms with Gasteiger partial charge in [0, 0.05) is 5.56 Å². The van der Waals surface area contributed by atoms with Gasteiger partial charge in [-0.3, -0.25) is 4.79 Å². The summed E-state index contributed by atoms with van der Waals surface area (Å²) < 4.78 is 51.2. The maximum absolute atomic E-state index is 13.2. The van der Waals surface area contributed by atoms with Crippen molar-refractivity contribution in [2.75, 3.05) is 0 Å². The normalized spacial score (nSPS) is 11.4. The lowest BCUT2D eigenvalue weighted by Crippen LogP contribution is -2.14. The number of primary amides is 1. The van der Waals surface area contributed by atoms with E-state index in [1.165, 1.54) is 12.1 Å². The summed E-state index contributed by atoms with van der Waals surface area (Å²) in [6, 6.07) is 9.11. The topological polar surface area (TPSA) is 43.1 Å². The predicted octanol–water partition coefficient (Wildman–Crippen LogP) is 3.53. The molecule has 2 aromatic rings. The Kier molecular flexibility index (Phi) is 3.97. The first-order valence-electron chi connectivity index (χ1n) is 6.02. The third kappa shape index (κ3) is 3.39. The number of rotatable bonds is 3. The second-order valence-corrected chi connectivity index (χ2v) is 4.51. The average Bonchev–Trinajstić information content (AvgIpc) is 2.40. The molecule has 0 bridgehead atoms. The van der Waals surface area contributed by atoms with Gasteiger partial charge in [-0.25, -0.2) is 4.39 Å². The minimum Gasteiger partial charge on any atom is -0.366 e. The van der Waals surface area contributed by atoms with Gasteiger partial charge in [-0.1, -0.05) is 24.3 Å². The molecule has 0 aliphatic rings. The molecule has 0 heterocycles. The summed E-state index contributed by atoms with van der Waals surface area (Å²) >= 11 is 0. The molecule has 2 nitrogen and oxygen atoms in total. The van der Waals surface area contributed by atoms with Gasteiger partial charge in [-0.15, -0.1) is 0 Å². The van der Waals surface area contributed by atoms with Crippen molar-refractivity contribution >= 4 is 5.91 Å². The van der Waals surface area contributed by atoms with Crippen LogP contribution in [0.25, 0.3) is 0 Å². The summed E-state index contributed by atoms with van der Waals surface area (Å²) in [6.45, 7) is 0. The van der Waals surface area contributed by atoms with Crippen LogP contribution in [0.15, 0.2) is 42.5 Å². The van der Waals surface area contributed by atoms with Gasteiger partial charge in [-0.2, -0.15) is 13.2 Å². The van der Waals surface area contributed by atoms with Crippen LogP contribution in [0, 0.1) is 5.82 Å². The maximum atomic E-state index is 13.2. The molecule has 0 unspecified atom stereocenters. The molecule has 1 amide bonds. The van der Waals surface area contributed by atoms with Crippen LogP contribution in [-0.4, -0.2) is 5.91 Å². The van der Waals surface area contributed by atoms with Crippen molar-refractivity contribution in [2.45, 2.75) is 12.6 Å². The second-order valence-electron chi connectivity index (χ2n) is 4.51. The van der Waals surface area contributed by atoms with Crippen LogP contribution in [0.2, 0.25) is 0 Å². The molecule has 0 saturated carbocycles. The van der Waals surface area contributed by atoms with Crippen LogP contribution in [0.4, 0.5) is 17.6 Å². The zero-order valence-corrected chi connectivity index (χ0v) is 10.7. The van der Waals surface area contributed by atoms with E-state index < -0.39 is 23.5 Å². The highest BCUT2D eigenvalue weighted by molar-refractivity contribution is 5.94. The molecule has 2 N–H and O–H groups in total. The first-order chi connectivity index (χ1) is 9.79. The number of nitrogens with two attached hydrogens (primary N) is 1. The third-order valence-electron chi connectivity index (χ3n) is 3.01. The zero-order valence-electron chi connectivity index (χ0n) is 10.7. The number of amides is 1. The number of halogens is 4. The van der Waals surface area contributed by atoms with Crippen molar-refractivity contribution in [3.05, 3.63) is 70.5 Å². The maximum Gasteiger partial charge on any atom is 0.419 e. The van der Waals surface area contributed by atoms with Gasteiger partial charge in [0.05, 0.1) is 5.56 Å². The molecule has 0 fully saturated rings. The van der Waals surface area contributed by atoms with Crippen LogP contribution in [0.1, 0.15) is 27.0 Å². The molecule has 21 heavy (non-hydrogen) atoms. The Balaban J connectivity index is 2.40. The lowest BCUT2D eigenvalue weighted by molar-refractivity contribution is -0.140. The van der Waals surface area contributed by atoms with E-state index in [4.69, 9.17) is 5.73 Å². The molecule has 0 radical (unpaired) electrons. The van der Waals surface area contributed by atoms with E-state index in [1.54, 1.807) is 18.2 Å². The smallest absolute Gasteiger partial charge is 0.366 e. The van der Waals surface area contributed by atoms with E-state index in [1.807, 2.05) is 0 Å². The lowest BCUT2D eigenvalue weighted by Gasteiger charge is -2.11. The minimum atomic E-state index is -4.76. The SMILES string of the molecule is NC(=O)c1ccccc1Cc1ccc(F)c(C(F)(F)F)c1. The Morgan fingerprint density at radius 1 is 1.10 bits per heavy atom. The van der Waals surface area contributed by atoms with Gasteiger partial charge >= 0.3 is 6.18 Å². The number of alkyl halides is 3. The third-order valence-corrected chi connectivity index (χ3v) is 3.01. The summed E-state index contributed by atoms with van der Waals surface area (Å²) in [6.07, 6.45) is -4.70. The molecule has 0 saturated heterocycles. The molecule has 2 aromatic carbocycles. The van der Waals surface area contributed by atoms with E-state index >= 15 is 0 Å². The Labute approximate surface area is 118 Å². The summed E-state index contributed by atoms with van der Waals surface area (Å²) in [4.78, 5) is 11.3. The molecule has 110 valence electrons. The standard InChI is InChI=1S/C15H11F4NO/c16-13-6-5-9(8-12(13)15(17,18)19)7-10-3-1-2-4-11(10)14(20)21/h1-6,8H,7H2,(H2,20,21). The van der Waals surface area contributed by atoms with Crippen molar-refractivity contribution in [1.29, 1.82) is 0 Å². The van der Waals surface area contributed by atoms with Crippen molar-refractivity contribution in [3.63, 3.8) is 0 Å². The fourth-order valence-corrected chi connectivity index (χ4v) is 2.03. The van der Waals surface area contributed by atoms with E-state index in [-0.39, 0.29) is 17.5 Å². The van der Waals surface area contributed by atoms with Crippen molar-refractivity contribution in [1.82, 2.24) is 0 Å². The highest BCUT2D eigenvalue weighted by atomic mass is 19.4. The Bertz CT molecular complexity index is 680. The first-order valence-corrected chi connectivity index (χ1v) is 6.02. The van der Waals surface area contributed by atoms with Crippen molar-refractivity contribution in [3.8, 4) is 0 Å². The number of benzene rings is 2. The Morgan fingerprint density at radius 3 is 2.38 bits per heavy atom. The summed E-state index contributed by atoms with van der Waals surface area (Å²) in [5.74, 6) is -1.99. The second kappa shape index (κ2) is 5.55. The fourth-order valence-electron chi connectivity index (χ4n) is 2.03. The molecule has 2 rings (SSSR count). The van der Waals surface area contributed by atoms with E-state index in [0.717, 1.165) is 12.1 Å². The van der Waals surface area contributed by atoms with Gasteiger partial charge < -0.3 is 5.73 Å². The van der Waals surface area contributed by atoms with E-state index in [0.29, 0.717) is 5.56 Å². The summed E-state index contributed by atoms with van der Waals surface area (Å²) in [5.41, 5.74) is 4.86. The molecule has 6 heteroatoms. The van der Waals surface area contributed by atoms with Gasteiger partial charge in [0.15, 0.2) is 0 Å².